The van der Waals surface area contributed by atoms with Crippen molar-refractivity contribution in [2.75, 3.05) is 0 Å². The quantitative estimate of drug-likeness (QED) is 0.466. The average Bonchev–Trinajstić information content (AvgIpc) is 3.05. The first-order valence-electron chi connectivity index (χ1n) is 5.96. The maximum Gasteiger partial charge on any atom is 0.138 e. The number of alkyl halides is 1. The van der Waals surface area contributed by atoms with Crippen LogP contribution in [0.5, 0.6) is 0 Å². The highest BCUT2D eigenvalue weighted by Crippen LogP contribution is 2.23. The Balaban J connectivity index is 2.01. The number of rotatable bonds is 4. The minimum atomic E-state index is -0.228. The summed E-state index contributed by atoms with van der Waals surface area (Å²) in [5, 5.41) is 2.02. The van der Waals surface area contributed by atoms with Gasteiger partial charge in [0.1, 0.15) is 11.6 Å². The fourth-order valence-electron chi connectivity index (χ4n) is 2.11. The van der Waals surface area contributed by atoms with Gasteiger partial charge in [0.15, 0.2) is 0 Å². The Bertz CT molecular complexity index is 742. The van der Waals surface area contributed by atoms with Crippen molar-refractivity contribution < 1.29 is 4.39 Å². The van der Waals surface area contributed by atoms with Crippen LogP contribution in [-0.2, 0) is 18.8 Å². The molecule has 0 unspecified atom stereocenters. The molecule has 0 radical (unpaired) electrons. The lowest BCUT2D eigenvalue weighted by molar-refractivity contribution is 0.619. The summed E-state index contributed by atoms with van der Waals surface area (Å²) in [5.74, 6) is 0.844. The Labute approximate surface area is 137 Å². The van der Waals surface area contributed by atoms with Crippen LogP contribution in [0.4, 0.5) is 4.39 Å². The van der Waals surface area contributed by atoms with Gasteiger partial charge in [0.05, 0.1) is 31.7 Å². The number of imidazole rings is 1. The number of hydrogen-bond donors (Lipinski definition) is 0. The molecule has 0 aliphatic rings. The van der Waals surface area contributed by atoms with Gasteiger partial charge in [0.25, 0.3) is 0 Å². The number of thiazole rings is 1. The van der Waals surface area contributed by atoms with Crippen molar-refractivity contribution in [3.8, 4) is 0 Å². The van der Waals surface area contributed by atoms with E-state index in [9.17, 15) is 4.39 Å². The summed E-state index contributed by atoms with van der Waals surface area (Å²) >= 11 is 9.49. The summed E-state index contributed by atoms with van der Waals surface area (Å²) < 4.78 is 16.3. The van der Waals surface area contributed by atoms with E-state index >= 15 is 0 Å². The molecule has 20 heavy (non-hydrogen) atoms. The van der Waals surface area contributed by atoms with Gasteiger partial charge in [-0.2, -0.15) is 0 Å². The van der Waals surface area contributed by atoms with Gasteiger partial charge in [-0.25, -0.2) is 14.4 Å². The third-order valence-corrected chi connectivity index (χ3v) is 4.76. The molecule has 0 fully saturated rings. The molecule has 104 valence electrons. The Morgan fingerprint density at radius 1 is 1.40 bits per heavy atom. The van der Waals surface area contributed by atoms with Gasteiger partial charge >= 0.3 is 0 Å². The maximum atomic E-state index is 13.8. The molecule has 1 aromatic carbocycles. The fraction of sp³-hybridized carbons (Fsp3) is 0.231. The van der Waals surface area contributed by atoms with E-state index < -0.39 is 0 Å². The van der Waals surface area contributed by atoms with Gasteiger partial charge in [0, 0.05) is 24.4 Å². The zero-order valence-corrected chi connectivity index (χ0v) is 14.0. The smallest absolute Gasteiger partial charge is 0.138 e. The maximum absolute atomic E-state index is 13.8. The summed E-state index contributed by atoms with van der Waals surface area (Å²) in [6.45, 7) is 0.697. The zero-order valence-electron chi connectivity index (χ0n) is 10.3. The molecule has 0 saturated carbocycles. The molecule has 0 amide bonds. The first-order chi connectivity index (χ1) is 9.69. The predicted molar refractivity (Wildman–Crippen MR) is 87.8 cm³/mol. The first-order valence-corrected chi connectivity index (χ1v) is 8.52. The second kappa shape index (κ2) is 5.95. The topological polar surface area (TPSA) is 30.7 Å². The summed E-state index contributed by atoms with van der Waals surface area (Å²) in [5.41, 5.74) is 4.41. The summed E-state index contributed by atoms with van der Waals surface area (Å²) in [7, 11) is 0. The fourth-order valence-corrected chi connectivity index (χ4v) is 3.36. The van der Waals surface area contributed by atoms with Crippen molar-refractivity contribution in [1.82, 2.24) is 14.5 Å². The predicted octanol–water partition coefficient (Wildman–Crippen LogP) is 4.22. The van der Waals surface area contributed by atoms with Crippen LogP contribution in [-0.4, -0.2) is 14.5 Å². The van der Waals surface area contributed by atoms with Gasteiger partial charge in [-0.15, -0.1) is 22.9 Å². The van der Waals surface area contributed by atoms with Crippen LogP contribution in [0, 0.1) is 9.39 Å². The number of nitrogens with zero attached hydrogens (tertiary/aromatic N) is 3. The van der Waals surface area contributed by atoms with Gasteiger partial charge in [-0.05, 0) is 28.7 Å². The molecule has 0 bridgehead atoms. The lowest BCUT2D eigenvalue weighted by atomic mass is 10.3. The molecule has 3 aromatic rings. The lowest BCUT2D eigenvalue weighted by Crippen LogP contribution is -2.05. The van der Waals surface area contributed by atoms with E-state index in [4.69, 9.17) is 11.6 Å². The van der Waals surface area contributed by atoms with E-state index in [1.807, 2.05) is 38.0 Å². The van der Waals surface area contributed by atoms with Crippen LogP contribution < -0.4 is 0 Å². The van der Waals surface area contributed by atoms with Gasteiger partial charge < -0.3 is 4.57 Å². The lowest BCUT2D eigenvalue weighted by Gasteiger charge is -2.06. The van der Waals surface area contributed by atoms with Crippen LogP contribution in [0.1, 0.15) is 11.5 Å². The molecule has 0 saturated heterocycles. The molecule has 0 aliphatic carbocycles. The van der Waals surface area contributed by atoms with Crippen LogP contribution in [0.3, 0.4) is 0 Å². The van der Waals surface area contributed by atoms with Crippen molar-refractivity contribution in [3.63, 3.8) is 0 Å². The minimum absolute atomic E-state index is 0.228. The average molecular weight is 422 g/mol. The van der Waals surface area contributed by atoms with Crippen molar-refractivity contribution in [3.05, 3.63) is 43.9 Å². The van der Waals surface area contributed by atoms with Crippen LogP contribution in [0.2, 0.25) is 0 Å². The number of benzene rings is 1. The van der Waals surface area contributed by atoms with E-state index in [2.05, 4.69) is 9.97 Å². The Morgan fingerprint density at radius 2 is 2.25 bits per heavy atom. The second-order valence-corrected chi connectivity index (χ2v) is 6.45. The van der Waals surface area contributed by atoms with Gasteiger partial charge in [-0.1, -0.05) is 0 Å². The SMILES string of the molecule is Fc1cc2c(cc1I)nc(CCl)n2CCc1cscn1. The second-order valence-electron chi connectivity index (χ2n) is 4.30. The molecule has 7 heteroatoms. The first kappa shape index (κ1) is 14.2. The third kappa shape index (κ3) is 2.68. The third-order valence-electron chi connectivity index (χ3n) is 3.06. The molecule has 0 atom stereocenters. The molecule has 2 aromatic heterocycles. The minimum Gasteiger partial charge on any atom is -0.326 e. The standard InChI is InChI=1S/C13H10ClFIN3S/c14-5-13-18-11-4-10(16)9(15)3-12(11)19(13)2-1-8-6-20-7-17-8/h3-4,6-7H,1-2,5H2. The molecule has 3 nitrogen and oxygen atoms in total. The summed E-state index contributed by atoms with van der Waals surface area (Å²) in [6, 6.07) is 3.28. The van der Waals surface area contributed by atoms with Crippen LogP contribution in [0.15, 0.2) is 23.0 Å². The Hall–Kier alpha value is -0.730. The van der Waals surface area contributed by atoms with Crippen molar-refractivity contribution in [2.45, 2.75) is 18.8 Å². The van der Waals surface area contributed by atoms with Crippen molar-refractivity contribution >= 4 is 56.6 Å². The number of fused-ring (bicyclic) bond motifs is 1. The number of aryl methyl sites for hydroxylation is 2. The molecular weight excluding hydrogens is 412 g/mol. The summed E-state index contributed by atoms with van der Waals surface area (Å²) in [4.78, 5) is 8.73. The number of aromatic nitrogens is 3. The molecule has 0 spiro atoms. The largest absolute Gasteiger partial charge is 0.326 e. The molecule has 2 heterocycles. The highest BCUT2D eigenvalue weighted by atomic mass is 127. The van der Waals surface area contributed by atoms with Crippen molar-refractivity contribution in [1.29, 1.82) is 0 Å². The normalized spacial score (nSPS) is 11.3. The van der Waals surface area contributed by atoms with E-state index in [1.54, 1.807) is 17.4 Å². The number of halogens is 3. The molecule has 3 rings (SSSR count). The highest BCUT2D eigenvalue weighted by Gasteiger charge is 2.13. The van der Waals surface area contributed by atoms with Gasteiger partial charge in [-0.3, -0.25) is 0 Å². The molecular formula is C13H10ClFIN3S. The molecule has 0 N–H and O–H groups in total. The Morgan fingerprint density at radius 3 is 2.95 bits per heavy atom. The van der Waals surface area contributed by atoms with E-state index in [0.717, 1.165) is 29.0 Å². The van der Waals surface area contributed by atoms with E-state index in [1.165, 1.54) is 6.07 Å². The van der Waals surface area contributed by atoms with Crippen LogP contribution >= 0.6 is 45.5 Å². The van der Waals surface area contributed by atoms with E-state index in [-0.39, 0.29) is 5.82 Å². The van der Waals surface area contributed by atoms with Crippen molar-refractivity contribution in [2.24, 2.45) is 0 Å². The Kier molecular flexibility index (Phi) is 4.23. The van der Waals surface area contributed by atoms with Crippen LogP contribution in [0.25, 0.3) is 11.0 Å². The zero-order chi connectivity index (χ0) is 14.1. The monoisotopic (exact) mass is 421 g/mol. The molecule has 0 aliphatic heterocycles. The van der Waals surface area contributed by atoms with Gasteiger partial charge in [0.2, 0.25) is 0 Å². The summed E-state index contributed by atoms with van der Waals surface area (Å²) in [6.07, 6.45) is 0.784. The van der Waals surface area contributed by atoms with E-state index in [0.29, 0.717) is 16.0 Å². The highest BCUT2D eigenvalue weighted by molar-refractivity contribution is 14.1. The number of hydrogen-bond acceptors (Lipinski definition) is 3.